The number of allylic oxidation sites excluding steroid dienone is 1. The maximum atomic E-state index is 14.2. The number of aliphatic hydroxyl groups is 1. The predicted octanol–water partition coefficient (Wildman–Crippen LogP) is 2.63. The van der Waals surface area contributed by atoms with E-state index in [0.29, 0.717) is 31.5 Å². The lowest BCUT2D eigenvalue weighted by Gasteiger charge is -2.37. The van der Waals surface area contributed by atoms with Crippen LogP contribution in [0.5, 0.6) is 0 Å². The van der Waals surface area contributed by atoms with Crippen LogP contribution >= 0.6 is 0 Å². The highest BCUT2D eigenvalue weighted by atomic mass is 19.1. The van der Waals surface area contributed by atoms with Crippen molar-refractivity contribution in [3.63, 3.8) is 0 Å². The first-order valence-corrected chi connectivity index (χ1v) is 7.98. The summed E-state index contributed by atoms with van der Waals surface area (Å²) in [4.78, 5) is 14.2. The van der Waals surface area contributed by atoms with Gasteiger partial charge in [0.25, 0.3) is 5.91 Å². The molecule has 1 aliphatic rings. The minimum absolute atomic E-state index is 0.0963. The quantitative estimate of drug-likeness (QED) is 0.839. The number of benzene rings is 1. The van der Waals surface area contributed by atoms with Gasteiger partial charge in [-0.05, 0) is 58.8 Å². The number of anilines is 1. The predicted molar refractivity (Wildman–Crippen MR) is 89.9 cm³/mol. The van der Waals surface area contributed by atoms with Gasteiger partial charge in [-0.25, -0.2) is 4.39 Å². The Morgan fingerprint density at radius 1 is 1.26 bits per heavy atom. The molecule has 0 saturated carbocycles. The fourth-order valence-electron chi connectivity index (χ4n) is 2.70. The number of carbonyl (C=O) groups excluding carboxylic acids is 1. The minimum atomic E-state index is -0.995. The number of halogens is 1. The van der Waals surface area contributed by atoms with Gasteiger partial charge in [0, 0.05) is 5.57 Å². The first-order valence-electron chi connectivity index (χ1n) is 7.98. The van der Waals surface area contributed by atoms with Crippen LogP contribution in [0.3, 0.4) is 0 Å². The Bertz CT molecular complexity index is 603. The molecule has 23 heavy (non-hydrogen) atoms. The van der Waals surface area contributed by atoms with Crippen LogP contribution in [-0.4, -0.2) is 36.2 Å². The Hall–Kier alpha value is -1.72. The Morgan fingerprint density at radius 2 is 1.87 bits per heavy atom. The smallest absolute Gasteiger partial charge is 0.254 e. The first-order chi connectivity index (χ1) is 10.8. The van der Waals surface area contributed by atoms with Crippen LogP contribution in [0.15, 0.2) is 35.4 Å². The lowest BCUT2D eigenvalue weighted by molar-refractivity contribution is -0.116. The van der Waals surface area contributed by atoms with Gasteiger partial charge in [0.2, 0.25) is 0 Å². The van der Waals surface area contributed by atoms with E-state index in [1.54, 1.807) is 25.1 Å². The molecule has 0 unspecified atom stereocenters. The first kappa shape index (κ1) is 17.6. The van der Waals surface area contributed by atoms with Crippen molar-refractivity contribution < 1.29 is 14.3 Å². The van der Waals surface area contributed by atoms with Gasteiger partial charge < -0.3 is 15.3 Å². The van der Waals surface area contributed by atoms with Crippen LogP contribution in [0.2, 0.25) is 0 Å². The second-order valence-corrected chi connectivity index (χ2v) is 6.44. The van der Waals surface area contributed by atoms with Crippen molar-refractivity contribution in [3.8, 4) is 0 Å². The normalized spacial score (nSPS) is 16.7. The van der Waals surface area contributed by atoms with E-state index in [2.05, 4.69) is 5.32 Å². The van der Waals surface area contributed by atoms with Gasteiger partial charge in [0.15, 0.2) is 0 Å². The maximum Gasteiger partial charge on any atom is 0.254 e. The van der Waals surface area contributed by atoms with Gasteiger partial charge in [-0.15, -0.1) is 0 Å². The third-order valence-electron chi connectivity index (χ3n) is 4.45. The van der Waals surface area contributed by atoms with E-state index in [-0.39, 0.29) is 18.1 Å². The highest BCUT2D eigenvalue weighted by Gasteiger charge is 2.34. The topological polar surface area (TPSA) is 52.6 Å². The van der Waals surface area contributed by atoms with Crippen molar-refractivity contribution >= 4 is 11.6 Å². The van der Waals surface area contributed by atoms with Gasteiger partial charge in [0.1, 0.15) is 5.82 Å². The molecule has 1 fully saturated rings. The third-order valence-corrected chi connectivity index (χ3v) is 4.45. The third kappa shape index (κ3) is 4.18. The summed E-state index contributed by atoms with van der Waals surface area (Å²) in [5.74, 6) is -0.720. The zero-order valence-electron chi connectivity index (χ0n) is 14.0. The molecule has 0 aliphatic carbocycles. The van der Waals surface area contributed by atoms with Crippen LogP contribution in [0, 0.1) is 5.82 Å². The summed E-state index contributed by atoms with van der Waals surface area (Å²) in [5, 5.41) is 14.0. The molecular weight excluding hydrogens is 295 g/mol. The molecule has 4 nitrogen and oxygen atoms in total. The molecule has 0 spiro atoms. The largest absolute Gasteiger partial charge is 0.388 e. The number of hydrogen-bond acceptors (Lipinski definition) is 3. The molecule has 1 aromatic carbocycles. The van der Waals surface area contributed by atoms with Gasteiger partial charge in [-0.2, -0.15) is 0 Å². The van der Waals surface area contributed by atoms with Crippen LogP contribution in [0.1, 0.15) is 33.6 Å². The minimum Gasteiger partial charge on any atom is -0.388 e. The summed E-state index contributed by atoms with van der Waals surface area (Å²) in [6.45, 7) is 6.92. The lowest BCUT2D eigenvalue weighted by atomic mass is 9.91. The van der Waals surface area contributed by atoms with Gasteiger partial charge in [0.05, 0.1) is 17.8 Å². The number of nitrogens with one attached hydrogen (secondary N) is 1. The van der Waals surface area contributed by atoms with Gasteiger partial charge >= 0.3 is 0 Å². The van der Waals surface area contributed by atoms with E-state index in [1.807, 2.05) is 13.8 Å². The molecule has 126 valence electrons. The molecule has 0 aromatic heterocycles. The molecule has 0 atom stereocenters. The summed E-state index contributed by atoms with van der Waals surface area (Å²) in [7, 11) is 0. The summed E-state index contributed by atoms with van der Waals surface area (Å²) >= 11 is 0. The molecule has 0 radical (unpaired) electrons. The van der Waals surface area contributed by atoms with E-state index >= 15 is 0 Å². The molecule has 1 aromatic rings. The zero-order valence-corrected chi connectivity index (χ0v) is 14.0. The number of carbonyl (C=O) groups is 1. The second-order valence-electron chi connectivity index (χ2n) is 6.44. The standard InChI is InChI=1S/C18H25FN2O2/c1-13(2)14(3)17(22)21(16-7-5-4-6-15(16)19)12-18(23)8-10-20-11-9-18/h4-7,20,23H,8-12H2,1-3H3. The molecule has 1 saturated heterocycles. The fourth-order valence-corrected chi connectivity index (χ4v) is 2.70. The number of para-hydroxylation sites is 1. The second kappa shape index (κ2) is 7.23. The molecule has 2 rings (SSSR count). The lowest BCUT2D eigenvalue weighted by Crippen LogP contribution is -2.51. The molecular formula is C18H25FN2O2. The highest BCUT2D eigenvalue weighted by molar-refractivity contribution is 6.05. The van der Waals surface area contributed by atoms with E-state index in [9.17, 15) is 14.3 Å². The number of hydrogen-bond donors (Lipinski definition) is 2. The van der Waals surface area contributed by atoms with Crippen molar-refractivity contribution in [2.45, 2.75) is 39.2 Å². The van der Waals surface area contributed by atoms with Crippen molar-refractivity contribution in [1.82, 2.24) is 5.32 Å². The van der Waals surface area contributed by atoms with Crippen LogP contribution in [0.25, 0.3) is 0 Å². The number of amides is 1. The van der Waals surface area contributed by atoms with Gasteiger partial charge in [-0.3, -0.25) is 4.79 Å². The van der Waals surface area contributed by atoms with Gasteiger partial charge in [-0.1, -0.05) is 17.7 Å². The molecule has 1 amide bonds. The number of rotatable bonds is 4. The van der Waals surface area contributed by atoms with Crippen LogP contribution in [-0.2, 0) is 4.79 Å². The SMILES string of the molecule is CC(C)=C(C)C(=O)N(CC1(O)CCNCC1)c1ccccc1F. The van der Waals surface area contributed by atoms with Crippen molar-refractivity contribution in [2.24, 2.45) is 0 Å². The average molecular weight is 320 g/mol. The Balaban J connectivity index is 2.37. The van der Waals surface area contributed by atoms with Crippen molar-refractivity contribution in [1.29, 1.82) is 0 Å². The van der Waals surface area contributed by atoms with E-state index < -0.39 is 11.4 Å². The van der Waals surface area contributed by atoms with E-state index in [0.717, 1.165) is 5.57 Å². The van der Waals surface area contributed by atoms with Crippen LogP contribution in [0.4, 0.5) is 10.1 Å². The Morgan fingerprint density at radius 3 is 2.43 bits per heavy atom. The summed E-state index contributed by atoms with van der Waals surface area (Å²) in [6, 6.07) is 6.20. The summed E-state index contributed by atoms with van der Waals surface area (Å²) < 4.78 is 14.2. The molecule has 5 heteroatoms. The number of piperidine rings is 1. The van der Waals surface area contributed by atoms with E-state index in [4.69, 9.17) is 0 Å². The molecule has 0 bridgehead atoms. The monoisotopic (exact) mass is 320 g/mol. The van der Waals surface area contributed by atoms with Crippen LogP contribution < -0.4 is 10.2 Å². The summed E-state index contributed by atoms with van der Waals surface area (Å²) in [5.41, 5.74) is 0.676. The van der Waals surface area contributed by atoms with Crippen molar-refractivity contribution in [3.05, 3.63) is 41.2 Å². The highest BCUT2D eigenvalue weighted by Crippen LogP contribution is 2.27. The molecule has 1 heterocycles. The zero-order chi connectivity index (χ0) is 17.0. The van der Waals surface area contributed by atoms with E-state index in [1.165, 1.54) is 11.0 Å². The fraction of sp³-hybridized carbons (Fsp3) is 0.500. The van der Waals surface area contributed by atoms with Crippen molar-refractivity contribution in [2.75, 3.05) is 24.5 Å². The average Bonchev–Trinajstić information content (AvgIpc) is 2.52. The number of nitrogens with zero attached hydrogens (tertiary/aromatic N) is 1. The Labute approximate surface area is 137 Å². The Kier molecular flexibility index (Phi) is 5.55. The maximum absolute atomic E-state index is 14.2. The molecule has 1 aliphatic heterocycles. The summed E-state index contributed by atoms with van der Waals surface area (Å²) in [6.07, 6.45) is 1.08. The molecule has 2 N–H and O–H groups in total.